The lowest BCUT2D eigenvalue weighted by molar-refractivity contribution is -0.126. The van der Waals surface area contributed by atoms with Gasteiger partial charge in [-0.25, -0.2) is 4.39 Å². The first-order chi connectivity index (χ1) is 8.56. The minimum atomic E-state index is -0.579. The number of hydrogen-bond donors (Lipinski definition) is 0. The van der Waals surface area contributed by atoms with E-state index in [0.29, 0.717) is 30.5 Å². The van der Waals surface area contributed by atoms with Crippen molar-refractivity contribution in [3.8, 4) is 0 Å². The van der Waals surface area contributed by atoms with E-state index in [4.69, 9.17) is 4.74 Å². The van der Waals surface area contributed by atoms with Crippen LogP contribution in [0, 0.1) is 5.82 Å². The van der Waals surface area contributed by atoms with Gasteiger partial charge in [0, 0.05) is 25.9 Å². The lowest BCUT2D eigenvalue weighted by Crippen LogP contribution is -2.42. The molecule has 2 aliphatic rings. The molecule has 0 bridgehead atoms. The van der Waals surface area contributed by atoms with Gasteiger partial charge in [-0.05, 0) is 46.5 Å². The van der Waals surface area contributed by atoms with E-state index >= 15 is 0 Å². The van der Waals surface area contributed by atoms with Crippen LogP contribution < -0.4 is 4.90 Å². The van der Waals surface area contributed by atoms with E-state index in [1.54, 1.807) is 18.0 Å². The van der Waals surface area contributed by atoms with Crippen LogP contribution in [-0.4, -0.2) is 26.2 Å². The first-order valence-electron chi connectivity index (χ1n) is 5.92. The third-order valence-electron chi connectivity index (χ3n) is 3.98. The molecule has 3 nitrogen and oxygen atoms in total. The molecule has 2 aliphatic heterocycles. The molecule has 0 aliphatic carbocycles. The van der Waals surface area contributed by atoms with Crippen molar-refractivity contribution in [1.29, 1.82) is 0 Å². The van der Waals surface area contributed by atoms with E-state index in [9.17, 15) is 9.18 Å². The number of carbonyl (C=O) groups excluding carboxylic acids is 1. The van der Waals surface area contributed by atoms with Gasteiger partial charge in [0.1, 0.15) is 5.82 Å². The molecule has 2 heterocycles. The summed E-state index contributed by atoms with van der Waals surface area (Å²) in [5, 5.41) is 0. The summed E-state index contributed by atoms with van der Waals surface area (Å²) in [6, 6.07) is 3.18. The van der Waals surface area contributed by atoms with Gasteiger partial charge in [-0.1, -0.05) is 0 Å². The van der Waals surface area contributed by atoms with E-state index in [1.807, 2.05) is 0 Å². The highest BCUT2D eigenvalue weighted by Gasteiger charge is 2.50. The van der Waals surface area contributed by atoms with E-state index < -0.39 is 5.41 Å². The van der Waals surface area contributed by atoms with Crippen molar-refractivity contribution in [2.24, 2.45) is 0 Å². The Labute approximate surface area is 113 Å². The van der Waals surface area contributed by atoms with Gasteiger partial charge in [-0.2, -0.15) is 0 Å². The maximum atomic E-state index is 13.8. The second-order valence-corrected chi connectivity index (χ2v) is 5.70. The van der Waals surface area contributed by atoms with Crippen LogP contribution in [0.5, 0.6) is 0 Å². The Kier molecular flexibility index (Phi) is 2.71. The van der Waals surface area contributed by atoms with Gasteiger partial charge < -0.3 is 9.64 Å². The minimum absolute atomic E-state index is 0.0540. The van der Waals surface area contributed by atoms with Gasteiger partial charge in [-0.3, -0.25) is 4.79 Å². The molecule has 96 valence electrons. The number of carbonyl (C=O) groups is 1. The molecule has 0 radical (unpaired) electrons. The van der Waals surface area contributed by atoms with Gasteiger partial charge >= 0.3 is 0 Å². The first kappa shape index (κ1) is 12.1. The Morgan fingerprint density at radius 1 is 1.39 bits per heavy atom. The topological polar surface area (TPSA) is 29.5 Å². The lowest BCUT2D eigenvalue weighted by atomic mass is 9.75. The number of ether oxygens (including phenoxy) is 1. The number of halogens is 2. The van der Waals surface area contributed by atoms with Crippen LogP contribution in [0.3, 0.4) is 0 Å². The number of fused-ring (bicyclic) bond motifs is 2. The Balaban J connectivity index is 2.20. The second-order valence-electron chi connectivity index (χ2n) is 4.84. The Hall–Kier alpha value is -0.940. The maximum Gasteiger partial charge on any atom is 0.237 e. The predicted octanol–water partition coefficient (Wildman–Crippen LogP) is 2.61. The number of anilines is 1. The van der Waals surface area contributed by atoms with Crippen LogP contribution in [0.25, 0.3) is 0 Å². The monoisotopic (exact) mass is 313 g/mol. The fourth-order valence-electron chi connectivity index (χ4n) is 2.95. The maximum absolute atomic E-state index is 13.8. The predicted molar refractivity (Wildman–Crippen MR) is 69.2 cm³/mol. The van der Waals surface area contributed by atoms with E-state index in [-0.39, 0.29) is 11.7 Å². The summed E-state index contributed by atoms with van der Waals surface area (Å²) < 4.78 is 19.5. The molecule has 0 saturated carbocycles. The summed E-state index contributed by atoms with van der Waals surface area (Å²) in [6.07, 6.45) is 1.26. The van der Waals surface area contributed by atoms with Crippen LogP contribution in [0.1, 0.15) is 18.4 Å². The molecule has 5 heteroatoms. The molecule has 1 aromatic carbocycles. The van der Waals surface area contributed by atoms with Crippen molar-refractivity contribution < 1.29 is 13.9 Å². The average Bonchev–Trinajstić information content (AvgIpc) is 2.56. The van der Waals surface area contributed by atoms with E-state index in [0.717, 1.165) is 11.3 Å². The molecular weight excluding hydrogens is 301 g/mol. The van der Waals surface area contributed by atoms with Gasteiger partial charge in [0.15, 0.2) is 0 Å². The van der Waals surface area contributed by atoms with E-state index in [2.05, 4.69) is 15.9 Å². The zero-order chi connectivity index (χ0) is 12.9. The van der Waals surface area contributed by atoms with Crippen molar-refractivity contribution >= 4 is 27.5 Å². The van der Waals surface area contributed by atoms with Crippen LogP contribution in [0.15, 0.2) is 16.6 Å². The molecule has 1 amide bonds. The van der Waals surface area contributed by atoms with Crippen molar-refractivity contribution in [2.45, 2.75) is 18.3 Å². The summed E-state index contributed by atoms with van der Waals surface area (Å²) in [7, 11) is 1.75. The van der Waals surface area contributed by atoms with Gasteiger partial charge in [0.25, 0.3) is 0 Å². The van der Waals surface area contributed by atoms with Crippen molar-refractivity contribution in [3.63, 3.8) is 0 Å². The Morgan fingerprint density at radius 3 is 2.72 bits per heavy atom. The van der Waals surface area contributed by atoms with Gasteiger partial charge in [0.05, 0.1) is 9.89 Å². The number of amides is 1. The SMILES string of the molecule is CN1C(=O)C2(CCOCC2)c2cc(F)c(Br)cc21. The average molecular weight is 314 g/mol. The Morgan fingerprint density at radius 2 is 2.06 bits per heavy atom. The van der Waals surface area contributed by atoms with Gasteiger partial charge in [-0.15, -0.1) is 0 Å². The molecule has 0 N–H and O–H groups in total. The highest BCUT2D eigenvalue weighted by atomic mass is 79.9. The summed E-state index contributed by atoms with van der Waals surface area (Å²) in [4.78, 5) is 14.1. The van der Waals surface area contributed by atoms with Crippen LogP contribution >= 0.6 is 15.9 Å². The molecular formula is C13H13BrFNO2. The minimum Gasteiger partial charge on any atom is -0.381 e. The highest BCUT2D eigenvalue weighted by Crippen LogP contribution is 2.48. The van der Waals surface area contributed by atoms with Crippen LogP contribution in [0.4, 0.5) is 10.1 Å². The largest absolute Gasteiger partial charge is 0.381 e. The fourth-order valence-corrected chi connectivity index (χ4v) is 3.28. The number of likely N-dealkylation sites (N-methyl/N-ethyl adjacent to an activating group) is 1. The molecule has 1 saturated heterocycles. The quantitative estimate of drug-likeness (QED) is 0.737. The Bertz CT molecular complexity index is 526. The number of hydrogen-bond acceptors (Lipinski definition) is 2. The standard InChI is InChI=1S/C13H13BrFNO2/c1-16-11-7-9(14)10(15)6-8(11)13(12(16)17)2-4-18-5-3-13/h6-7H,2-5H2,1H3. The summed E-state index contributed by atoms with van der Waals surface area (Å²) >= 11 is 3.17. The van der Waals surface area contributed by atoms with Crippen LogP contribution in [-0.2, 0) is 14.9 Å². The van der Waals surface area contributed by atoms with E-state index in [1.165, 1.54) is 6.07 Å². The number of nitrogens with zero attached hydrogens (tertiary/aromatic N) is 1. The number of benzene rings is 1. The fraction of sp³-hybridized carbons (Fsp3) is 0.462. The summed E-state index contributed by atoms with van der Waals surface area (Å²) in [5.41, 5.74) is 1.03. The molecule has 18 heavy (non-hydrogen) atoms. The van der Waals surface area contributed by atoms with Crippen LogP contribution in [0.2, 0.25) is 0 Å². The third kappa shape index (κ3) is 1.47. The zero-order valence-corrected chi connectivity index (χ0v) is 11.6. The lowest BCUT2D eigenvalue weighted by Gasteiger charge is -2.32. The highest BCUT2D eigenvalue weighted by molar-refractivity contribution is 9.10. The third-order valence-corrected chi connectivity index (χ3v) is 4.58. The van der Waals surface area contributed by atoms with Crippen molar-refractivity contribution in [1.82, 2.24) is 0 Å². The number of rotatable bonds is 0. The summed E-state index contributed by atoms with van der Waals surface area (Å²) in [6.45, 7) is 1.10. The molecule has 1 aromatic rings. The molecule has 0 atom stereocenters. The van der Waals surface area contributed by atoms with Gasteiger partial charge in [0.2, 0.25) is 5.91 Å². The molecule has 3 rings (SSSR count). The normalized spacial score (nSPS) is 21.5. The summed E-state index contributed by atoms with van der Waals surface area (Å²) in [5.74, 6) is -0.263. The first-order valence-corrected chi connectivity index (χ1v) is 6.71. The molecule has 0 unspecified atom stereocenters. The molecule has 1 spiro atoms. The zero-order valence-electron chi connectivity index (χ0n) is 10.0. The molecule has 1 fully saturated rings. The molecule has 0 aromatic heterocycles. The van der Waals surface area contributed by atoms with Crippen molar-refractivity contribution in [3.05, 3.63) is 28.0 Å². The smallest absolute Gasteiger partial charge is 0.237 e. The second kappa shape index (κ2) is 4.03. The van der Waals surface area contributed by atoms with Crippen molar-refractivity contribution in [2.75, 3.05) is 25.2 Å².